The number of carbonyl (C=O) groups is 2. The number of nitrogens with zero attached hydrogens (tertiary/aromatic N) is 4. The third-order valence-corrected chi connectivity index (χ3v) is 5.23. The van der Waals surface area contributed by atoms with Gasteiger partial charge in [0.1, 0.15) is 5.76 Å². The van der Waals surface area contributed by atoms with Crippen molar-refractivity contribution >= 4 is 11.8 Å². The van der Waals surface area contributed by atoms with Crippen LogP contribution in [0.2, 0.25) is 0 Å². The molecule has 1 aliphatic carbocycles. The minimum absolute atomic E-state index is 0.00122. The van der Waals surface area contributed by atoms with Gasteiger partial charge in [0.05, 0.1) is 17.8 Å². The Bertz CT molecular complexity index is 824. The van der Waals surface area contributed by atoms with Crippen molar-refractivity contribution in [3.8, 4) is 0 Å². The van der Waals surface area contributed by atoms with Gasteiger partial charge in [0.25, 0.3) is 5.91 Å². The fourth-order valence-electron chi connectivity index (χ4n) is 3.88. The molecule has 2 atom stereocenters. The zero-order valence-electron chi connectivity index (χ0n) is 14.4. The second kappa shape index (κ2) is 6.02. The van der Waals surface area contributed by atoms with Crippen LogP contribution in [-0.2, 0) is 24.7 Å². The highest BCUT2D eigenvalue weighted by atomic mass is 16.5. The van der Waals surface area contributed by atoms with Crippen LogP contribution in [-0.4, -0.2) is 44.7 Å². The lowest BCUT2D eigenvalue weighted by Crippen LogP contribution is -2.40. The van der Waals surface area contributed by atoms with E-state index in [0.29, 0.717) is 5.69 Å². The van der Waals surface area contributed by atoms with Gasteiger partial charge in [-0.25, -0.2) is 0 Å². The number of likely N-dealkylation sites (N-methyl/N-ethyl adjacent to an activating group) is 1. The summed E-state index contributed by atoms with van der Waals surface area (Å²) in [5.41, 5.74) is 2.17. The van der Waals surface area contributed by atoms with Crippen LogP contribution in [0.1, 0.15) is 52.8 Å². The summed E-state index contributed by atoms with van der Waals surface area (Å²) in [4.78, 5) is 26.6. The van der Waals surface area contributed by atoms with Crippen molar-refractivity contribution in [3.05, 3.63) is 35.0 Å². The Morgan fingerprint density at radius 3 is 2.88 bits per heavy atom. The van der Waals surface area contributed by atoms with Gasteiger partial charge in [0.15, 0.2) is 5.69 Å². The fourth-order valence-corrected chi connectivity index (χ4v) is 3.88. The number of likely N-dealkylation sites (tertiary alicyclic amines) is 1. The van der Waals surface area contributed by atoms with Crippen LogP contribution in [0.3, 0.4) is 0 Å². The summed E-state index contributed by atoms with van der Waals surface area (Å²) in [7, 11) is 3.59. The summed E-state index contributed by atoms with van der Waals surface area (Å²) in [6.45, 7) is 0. The van der Waals surface area contributed by atoms with Gasteiger partial charge in [-0.3, -0.25) is 14.3 Å². The third-order valence-electron chi connectivity index (χ3n) is 5.23. The summed E-state index contributed by atoms with van der Waals surface area (Å²) in [6, 6.07) is 1.31. The molecule has 4 rings (SSSR count). The smallest absolute Gasteiger partial charge is 0.274 e. The number of aromatic nitrogens is 3. The number of aryl methyl sites for hydroxylation is 2. The highest BCUT2D eigenvalue weighted by molar-refractivity contribution is 5.95. The Balaban J connectivity index is 1.58. The average molecular weight is 343 g/mol. The van der Waals surface area contributed by atoms with Crippen LogP contribution in [0, 0.1) is 0 Å². The zero-order chi connectivity index (χ0) is 17.6. The lowest BCUT2D eigenvalue weighted by molar-refractivity contribution is -0.127. The molecular formula is C17H21N5O3. The number of hydrogen-bond donors (Lipinski definition) is 1. The summed E-state index contributed by atoms with van der Waals surface area (Å²) < 4.78 is 7.06. The maximum absolute atomic E-state index is 12.8. The van der Waals surface area contributed by atoms with Crippen molar-refractivity contribution in [1.82, 2.24) is 25.2 Å². The summed E-state index contributed by atoms with van der Waals surface area (Å²) >= 11 is 0. The molecule has 1 aliphatic heterocycles. The molecule has 8 nitrogen and oxygen atoms in total. The molecule has 0 radical (unpaired) electrons. The maximum Gasteiger partial charge on any atom is 0.274 e. The summed E-state index contributed by atoms with van der Waals surface area (Å²) in [6.07, 6.45) is 5.70. The van der Waals surface area contributed by atoms with Crippen LogP contribution in [0.15, 0.2) is 16.8 Å². The molecule has 1 N–H and O–H groups in total. The van der Waals surface area contributed by atoms with Crippen LogP contribution in [0.4, 0.5) is 0 Å². The minimum atomic E-state index is -0.323. The average Bonchev–Trinajstić information content (AvgIpc) is 3.27. The number of carbonyl (C=O) groups excluding carboxylic acids is 2. The molecule has 8 heteroatoms. The lowest BCUT2D eigenvalue weighted by Gasteiger charge is -2.25. The number of nitrogens with one attached hydrogen (secondary N) is 1. The largest absolute Gasteiger partial charge is 0.360 e. The van der Waals surface area contributed by atoms with Crippen LogP contribution in [0.25, 0.3) is 0 Å². The first kappa shape index (κ1) is 15.9. The normalized spacial score (nSPS) is 23.0. The predicted molar refractivity (Wildman–Crippen MR) is 87.7 cm³/mol. The Morgan fingerprint density at radius 2 is 2.12 bits per heavy atom. The van der Waals surface area contributed by atoms with Crippen LogP contribution < -0.4 is 5.32 Å². The van der Waals surface area contributed by atoms with E-state index in [1.807, 2.05) is 13.1 Å². The monoisotopic (exact) mass is 343 g/mol. The molecule has 2 amide bonds. The van der Waals surface area contributed by atoms with E-state index in [9.17, 15) is 9.59 Å². The van der Waals surface area contributed by atoms with E-state index in [1.165, 1.54) is 0 Å². The lowest BCUT2D eigenvalue weighted by atomic mass is 9.96. The molecular weight excluding hydrogens is 322 g/mol. The predicted octanol–water partition coefficient (Wildman–Crippen LogP) is 0.989. The van der Waals surface area contributed by atoms with Gasteiger partial charge < -0.3 is 14.7 Å². The minimum Gasteiger partial charge on any atom is -0.360 e. The second-order valence-electron chi connectivity index (χ2n) is 6.75. The molecule has 0 unspecified atom stereocenters. The van der Waals surface area contributed by atoms with E-state index < -0.39 is 0 Å². The number of fused-ring (bicyclic) bond motifs is 1. The van der Waals surface area contributed by atoms with Gasteiger partial charge >= 0.3 is 0 Å². The van der Waals surface area contributed by atoms with Crippen molar-refractivity contribution in [2.45, 2.75) is 44.2 Å². The molecule has 3 heterocycles. The van der Waals surface area contributed by atoms with E-state index in [4.69, 9.17) is 4.52 Å². The van der Waals surface area contributed by atoms with Crippen molar-refractivity contribution in [2.75, 3.05) is 7.05 Å². The molecule has 2 aromatic heterocycles. The van der Waals surface area contributed by atoms with Gasteiger partial charge in [-0.1, -0.05) is 5.16 Å². The topological polar surface area (TPSA) is 93.3 Å². The van der Waals surface area contributed by atoms with Crippen LogP contribution in [0.5, 0.6) is 0 Å². The Morgan fingerprint density at radius 1 is 1.32 bits per heavy atom. The first-order valence-electron chi connectivity index (χ1n) is 8.58. The molecule has 1 fully saturated rings. The van der Waals surface area contributed by atoms with Crippen molar-refractivity contribution < 1.29 is 14.1 Å². The number of amides is 2. The highest BCUT2D eigenvalue weighted by Crippen LogP contribution is 2.32. The molecule has 0 saturated carbocycles. The van der Waals surface area contributed by atoms with E-state index in [1.54, 1.807) is 22.8 Å². The molecule has 2 aromatic rings. The van der Waals surface area contributed by atoms with Crippen molar-refractivity contribution in [1.29, 1.82) is 0 Å². The molecule has 0 bridgehead atoms. The number of rotatable bonds is 3. The maximum atomic E-state index is 12.8. The van der Waals surface area contributed by atoms with E-state index in [0.717, 1.165) is 42.7 Å². The standard InChI is InChI=1S/C17H21N5O3/c1-21-14(23)9-11(16(21)12-7-8-18-22(12)2)19-17(24)15-10-5-3-4-6-13(10)25-20-15/h7-8,11,16H,3-6,9H2,1-2H3,(H,19,24)/t11-,16-/m1/s1. The number of hydrogen-bond acceptors (Lipinski definition) is 5. The van der Waals surface area contributed by atoms with Crippen molar-refractivity contribution in [3.63, 3.8) is 0 Å². The molecule has 132 valence electrons. The van der Waals surface area contributed by atoms with E-state index in [-0.39, 0.29) is 30.3 Å². The fraction of sp³-hybridized carbons (Fsp3) is 0.529. The Labute approximate surface area is 145 Å². The second-order valence-corrected chi connectivity index (χ2v) is 6.75. The SMILES string of the molecule is CN1C(=O)C[C@@H](NC(=O)c2noc3c2CCCC3)[C@@H]1c1ccnn1C. The summed E-state index contributed by atoms with van der Waals surface area (Å²) in [5.74, 6) is 0.546. The summed E-state index contributed by atoms with van der Waals surface area (Å²) in [5, 5.41) is 11.2. The Hall–Kier alpha value is -2.64. The Kier molecular flexibility index (Phi) is 3.82. The molecule has 2 aliphatic rings. The highest BCUT2D eigenvalue weighted by Gasteiger charge is 2.41. The van der Waals surface area contributed by atoms with E-state index in [2.05, 4.69) is 15.6 Å². The first-order valence-corrected chi connectivity index (χ1v) is 8.58. The van der Waals surface area contributed by atoms with Gasteiger partial charge in [-0.15, -0.1) is 0 Å². The third kappa shape index (κ3) is 2.61. The quantitative estimate of drug-likeness (QED) is 0.897. The molecule has 25 heavy (non-hydrogen) atoms. The van der Waals surface area contributed by atoms with Crippen molar-refractivity contribution in [2.24, 2.45) is 7.05 Å². The van der Waals surface area contributed by atoms with Gasteiger partial charge in [0.2, 0.25) is 5.91 Å². The zero-order valence-corrected chi connectivity index (χ0v) is 14.4. The molecule has 0 spiro atoms. The van der Waals surface area contributed by atoms with Gasteiger partial charge in [0, 0.05) is 38.7 Å². The first-order chi connectivity index (χ1) is 12.1. The van der Waals surface area contributed by atoms with E-state index >= 15 is 0 Å². The van der Waals surface area contributed by atoms with Gasteiger partial charge in [-0.05, 0) is 25.3 Å². The molecule has 0 aromatic carbocycles. The van der Waals surface area contributed by atoms with Gasteiger partial charge in [-0.2, -0.15) is 5.10 Å². The molecule has 1 saturated heterocycles. The van der Waals surface area contributed by atoms with Crippen LogP contribution >= 0.6 is 0 Å².